The van der Waals surface area contributed by atoms with Gasteiger partial charge in [-0.15, -0.1) is 11.3 Å². The summed E-state index contributed by atoms with van der Waals surface area (Å²) >= 11 is 7.68. The predicted molar refractivity (Wildman–Crippen MR) is 154 cm³/mol. The summed E-state index contributed by atoms with van der Waals surface area (Å²) in [5.74, 6) is -1.50. The average molecular weight is 603 g/mol. The van der Waals surface area contributed by atoms with Crippen molar-refractivity contribution in [3.05, 3.63) is 75.8 Å². The number of nitrogens with one attached hydrogen (secondary N) is 1. The monoisotopic (exact) mass is 602 g/mol. The number of nitrogen functional groups attached to an aromatic ring is 1. The first-order valence-electron chi connectivity index (χ1n) is 12.8. The Morgan fingerprint density at radius 1 is 1.20 bits per heavy atom. The third kappa shape index (κ3) is 4.99. The van der Waals surface area contributed by atoms with Crippen LogP contribution in [0.15, 0.2) is 48.8 Å². The Balaban J connectivity index is 1.46. The molecule has 2 atom stereocenters. The molecule has 210 valence electrons. The van der Waals surface area contributed by atoms with E-state index in [4.69, 9.17) is 26.8 Å². The summed E-state index contributed by atoms with van der Waals surface area (Å²) in [6, 6.07) is 10.4. The highest BCUT2D eigenvalue weighted by Gasteiger charge is 2.43. The van der Waals surface area contributed by atoms with Crippen molar-refractivity contribution in [2.24, 2.45) is 0 Å². The summed E-state index contributed by atoms with van der Waals surface area (Å²) in [6.07, 6.45) is 3.96. The highest BCUT2D eigenvalue weighted by molar-refractivity contribution is 7.90. The Kier molecular flexibility index (Phi) is 6.68. The van der Waals surface area contributed by atoms with Crippen LogP contribution in [0, 0.1) is 5.82 Å². The first-order chi connectivity index (χ1) is 18.9. The van der Waals surface area contributed by atoms with E-state index in [0.717, 1.165) is 33.1 Å². The van der Waals surface area contributed by atoms with Gasteiger partial charge in [0.2, 0.25) is 10.0 Å². The normalized spacial score (nSPS) is 21.6. The van der Waals surface area contributed by atoms with Gasteiger partial charge in [-0.2, -0.15) is 0 Å². The Hall–Kier alpha value is -2.67. The van der Waals surface area contributed by atoms with Crippen molar-refractivity contribution in [2.45, 2.75) is 56.3 Å². The Morgan fingerprint density at radius 2 is 1.98 bits per heavy atom. The molecule has 1 aromatic carbocycles. The minimum atomic E-state index is -3.74. The van der Waals surface area contributed by atoms with E-state index >= 15 is 4.39 Å². The highest BCUT2D eigenvalue weighted by Crippen LogP contribution is 2.43. The lowest BCUT2D eigenvalue weighted by atomic mass is 9.96. The molecule has 0 radical (unpaired) electrons. The molecule has 6 rings (SSSR count). The molecule has 0 bridgehead atoms. The van der Waals surface area contributed by atoms with E-state index in [-0.39, 0.29) is 16.4 Å². The zero-order valence-electron chi connectivity index (χ0n) is 22.1. The smallest absolute Gasteiger partial charge is 0.215 e. The summed E-state index contributed by atoms with van der Waals surface area (Å²) < 4.78 is 57.0. The van der Waals surface area contributed by atoms with Crippen molar-refractivity contribution in [1.82, 2.24) is 14.7 Å². The number of hydrogen-bond donors (Lipinski definition) is 2. The number of halogens is 2. The van der Waals surface area contributed by atoms with E-state index in [0.29, 0.717) is 24.3 Å². The van der Waals surface area contributed by atoms with Crippen LogP contribution in [0.5, 0.6) is 0 Å². The highest BCUT2D eigenvalue weighted by atomic mass is 35.5. The van der Waals surface area contributed by atoms with Gasteiger partial charge >= 0.3 is 0 Å². The van der Waals surface area contributed by atoms with E-state index in [1.54, 1.807) is 6.20 Å². The molecule has 3 aromatic heterocycles. The van der Waals surface area contributed by atoms with Gasteiger partial charge in [0.25, 0.3) is 0 Å². The molecule has 8 nitrogen and oxygen atoms in total. The number of pyridine rings is 2. The van der Waals surface area contributed by atoms with Crippen LogP contribution in [0.2, 0.25) is 5.15 Å². The van der Waals surface area contributed by atoms with E-state index in [2.05, 4.69) is 14.7 Å². The van der Waals surface area contributed by atoms with Gasteiger partial charge in [-0.25, -0.2) is 22.5 Å². The van der Waals surface area contributed by atoms with Crippen LogP contribution >= 0.6 is 22.9 Å². The van der Waals surface area contributed by atoms with Crippen LogP contribution < -0.4 is 10.5 Å². The number of sulfonamides is 1. The molecule has 2 fully saturated rings. The van der Waals surface area contributed by atoms with Crippen molar-refractivity contribution in [2.75, 3.05) is 12.3 Å². The molecule has 1 saturated heterocycles. The van der Waals surface area contributed by atoms with Crippen LogP contribution in [0.4, 0.5) is 10.1 Å². The summed E-state index contributed by atoms with van der Waals surface area (Å²) in [4.78, 5) is 9.18. The molecule has 3 N–H and O–H groups in total. The van der Waals surface area contributed by atoms with Crippen molar-refractivity contribution < 1.29 is 22.3 Å². The number of nitrogens with two attached hydrogens (primary N) is 1. The summed E-state index contributed by atoms with van der Waals surface area (Å²) in [5, 5.41) is 0.176. The number of aromatic nitrogens is 2. The lowest BCUT2D eigenvalue weighted by Crippen LogP contribution is -2.32. The number of rotatable bonds is 7. The second kappa shape index (κ2) is 9.71. The quantitative estimate of drug-likeness (QED) is 0.253. The number of anilines is 1. The van der Waals surface area contributed by atoms with Gasteiger partial charge in [0.1, 0.15) is 10.8 Å². The Morgan fingerprint density at radius 3 is 2.67 bits per heavy atom. The molecule has 0 spiro atoms. The minimum Gasteiger partial charge on any atom is -0.395 e. The molecule has 4 aromatic rings. The molecular weight excluding hydrogens is 575 g/mol. The Labute approximate surface area is 240 Å². The van der Waals surface area contributed by atoms with Gasteiger partial charge < -0.3 is 15.2 Å². The van der Waals surface area contributed by atoms with Crippen LogP contribution in [-0.2, 0) is 25.1 Å². The van der Waals surface area contributed by atoms with Crippen LogP contribution in [0.1, 0.15) is 55.7 Å². The van der Waals surface area contributed by atoms with Gasteiger partial charge in [-0.05, 0) is 62.8 Å². The standard InChI is InChI=1S/C28H28ClFN4O4S2/c1-27(2)37-14-28(3,38-27)16-9-10-32-20(12-16)18-6-4-5-15-11-21(39-25(15)18)24(34-40(35,36)17-7-8-17)22-23(30)19(31)13-33-26(22)29/h4-6,9-13,17,24,34H,7-8,14,31H2,1-3H3. The summed E-state index contributed by atoms with van der Waals surface area (Å²) in [7, 11) is -3.74. The van der Waals surface area contributed by atoms with Crippen molar-refractivity contribution in [3.63, 3.8) is 0 Å². The van der Waals surface area contributed by atoms with E-state index in [1.165, 1.54) is 11.3 Å². The molecule has 1 aliphatic heterocycles. The van der Waals surface area contributed by atoms with Gasteiger partial charge in [-0.1, -0.05) is 29.8 Å². The third-order valence-electron chi connectivity index (χ3n) is 7.22. The second-order valence-electron chi connectivity index (χ2n) is 10.9. The zero-order chi connectivity index (χ0) is 28.4. The number of nitrogens with zero attached hydrogens (tertiary/aromatic N) is 2. The van der Waals surface area contributed by atoms with E-state index < -0.39 is 38.5 Å². The van der Waals surface area contributed by atoms with E-state index in [9.17, 15) is 8.42 Å². The van der Waals surface area contributed by atoms with Crippen molar-refractivity contribution >= 4 is 48.7 Å². The average Bonchev–Trinajstić information content (AvgIpc) is 3.62. The fourth-order valence-corrected chi connectivity index (χ4v) is 8.11. The lowest BCUT2D eigenvalue weighted by molar-refractivity contribution is -0.159. The number of fused-ring (bicyclic) bond motifs is 1. The Bertz CT molecular complexity index is 1740. The molecular formula is C28H28ClFN4O4S2. The number of benzene rings is 1. The van der Waals surface area contributed by atoms with Gasteiger partial charge in [0.05, 0.1) is 41.0 Å². The maximum Gasteiger partial charge on any atom is 0.215 e. The largest absolute Gasteiger partial charge is 0.395 e. The maximum atomic E-state index is 15.4. The van der Waals surface area contributed by atoms with Crippen LogP contribution in [0.25, 0.3) is 21.3 Å². The number of ether oxygens (including phenoxy) is 2. The molecule has 2 unspecified atom stereocenters. The lowest BCUT2D eigenvalue weighted by Gasteiger charge is -2.25. The molecule has 40 heavy (non-hydrogen) atoms. The van der Waals surface area contributed by atoms with Gasteiger partial charge in [-0.3, -0.25) is 4.98 Å². The summed E-state index contributed by atoms with van der Waals surface area (Å²) in [6.45, 7) is 6.15. The van der Waals surface area contributed by atoms with Crippen LogP contribution in [-0.4, -0.2) is 36.0 Å². The van der Waals surface area contributed by atoms with Crippen molar-refractivity contribution in [3.8, 4) is 11.3 Å². The first-order valence-corrected chi connectivity index (χ1v) is 15.5. The van der Waals surface area contributed by atoms with Gasteiger partial charge in [0.15, 0.2) is 11.6 Å². The molecule has 12 heteroatoms. The fourth-order valence-electron chi connectivity index (χ4n) is 5.03. The maximum absolute atomic E-state index is 15.4. The third-order valence-corrected chi connectivity index (χ3v) is 10.7. The molecule has 1 saturated carbocycles. The SMILES string of the molecule is CC1(C)OCC(C)(c2ccnc(-c3cccc4cc(C(NS(=O)(=O)C5CC5)c5c(Cl)ncc(N)c5F)sc34)c2)O1. The summed E-state index contributed by atoms with van der Waals surface area (Å²) in [5.41, 5.74) is 7.34. The number of thiophene rings is 1. The predicted octanol–water partition coefficient (Wildman–Crippen LogP) is 5.90. The minimum absolute atomic E-state index is 0.104. The van der Waals surface area contributed by atoms with Crippen molar-refractivity contribution in [1.29, 1.82) is 0 Å². The molecule has 4 heterocycles. The van der Waals surface area contributed by atoms with Crippen LogP contribution in [0.3, 0.4) is 0 Å². The zero-order valence-corrected chi connectivity index (χ0v) is 24.5. The number of hydrogen-bond acceptors (Lipinski definition) is 8. The molecule has 2 aliphatic rings. The first kappa shape index (κ1) is 27.5. The topological polar surface area (TPSA) is 116 Å². The fraction of sp³-hybridized carbons (Fsp3) is 0.357. The molecule has 0 amide bonds. The molecule has 1 aliphatic carbocycles. The van der Waals surface area contributed by atoms with Gasteiger partial charge in [0, 0.05) is 21.3 Å². The van der Waals surface area contributed by atoms with E-state index in [1.807, 2.05) is 57.2 Å². The second-order valence-corrected chi connectivity index (χ2v) is 14.3.